The molecule has 1 aromatic heterocycles. The zero-order chi connectivity index (χ0) is 18.2. The minimum atomic E-state index is 0.151. The van der Waals surface area contributed by atoms with Crippen molar-refractivity contribution in [2.24, 2.45) is 5.92 Å². The lowest BCUT2D eigenvalue weighted by Crippen LogP contribution is -2.40. The Morgan fingerprint density at radius 2 is 2.08 bits per heavy atom. The smallest absolute Gasteiger partial charge is 0.223 e. The molecule has 6 heteroatoms. The van der Waals surface area contributed by atoms with Gasteiger partial charge in [-0.15, -0.1) is 0 Å². The molecule has 26 heavy (non-hydrogen) atoms. The molecule has 0 spiro atoms. The molecule has 2 heterocycles. The van der Waals surface area contributed by atoms with E-state index in [2.05, 4.69) is 15.6 Å². The van der Waals surface area contributed by atoms with Crippen LogP contribution in [0.4, 0.5) is 0 Å². The van der Waals surface area contributed by atoms with E-state index < -0.39 is 0 Å². The van der Waals surface area contributed by atoms with Crippen LogP contribution in [0.25, 0.3) is 0 Å². The third-order valence-corrected chi connectivity index (χ3v) is 5.18. The van der Waals surface area contributed by atoms with Crippen molar-refractivity contribution in [3.63, 3.8) is 0 Å². The minimum Gasteiger partial charge on any atom is -0.356 e. The van der Waals surface area contributed by atoms with Crippen LogP contribution in [-0.2, 0) is 16.1 Å². The van der Waals surface area contributed by atoms with Crippen LogP contribution >= 0.6 is 0 Å². The second-order valence-corrected chi connectivity index (χ2v) is 7.35. The van der Waals surface area contributed by atoms with Gasteiger partial charge in [0.05, 0.1) is 12.2 Å². The first-order valence-electron chi connectivity index (χ1n) is 9.92. The van der Waals surface area contributed by atoms with Gasteiger partial charge in [-0.05, 0) is 63.7 Å². The predicted molar refractivity (Wildman–Crippen MR) is 100 cm³/mol. The van der Waals surface area contributed by atoms with Gasteiger partial charge in [-0.3, -0.25) is 14.6 Å². The second kappa shape index (κ2) is 9.67. The van der Waals surface area contributed by atoms with Gasteiger partial charge >= 0.3 is 0 Å². The van der Waals surface area contributed by atoms with Crippen LogP contribution in [0.2, 0.25) is 0 Å². The summed E-state index contributed by atoms with van der Waals surface area (Å²) in [4.78, 5) is 31.0. The number of carbonyl (C=O) groups excluding carboxylic acids is 2. The number of aromatic nitrogens is 1. The maximum absolute atomic E-state index is 12.9. The normalized spacial score (nSPS) is 20.2. The van der Waals surface area contributed by atoms with Crippen molar-refractivity contribution in [2.75, 3.05) is 19.6 Å². The van der Waals surface area contributed by atoms with Gasteiger partial charge in [0.2, 0.25) is 11.8 Å². The van der Waals surface area contributed by atoms with Gasteiger partial charge in [0, 0.05) is 31.1 Å². The highest BCUT2D eigenvalue weighted by atomic mass is 16.2. The number of hydrogen-bond acceptors (Lipinski definition) is 4. The molecule has 1 unspecified atom stereocenters. The standard InChI is InChI=1S/C20H30N4O2/c25-19(7-4-13-23-20(26)16-8-9-16)24(15-17-5-1-2-12-22-17)18-6-3-11-21-14-10-18/h1-2,5,12,16,18,21H,3-4,6-11,13-15H2,(H,23,26). The topological polar surface area (TPSA) is 74.3 Å². The van der Waals surface area contributed by atoms with Gasteiger partial charge in [-0.25, -0.2) is 0 Å². The first-order valence-corrected chi connectivity index (χ1v) is 9.92. The quantitative estimate of drug-likeness (QED) is 0.696. The van der Waals surface area contributed by atoms with Crippen LogP contribution in [0.15, 0.2) is 24.4 Å². The Labute approximate surface area is 155 Å². The molecule has 3 rings (SSSR count). The summed E-state index contributed by atoms with van der Waals surface area (Å²) in [6.45, 7) is 3.13. The van der Waals surface area contributed by atoms with Crippen LogP contribution in [-0.4, -0.2) is 47.4 Å². The van der Waals surface area contributed by atoms with Gasteiger partial charge in [-0.1, -0.05) is 6.07 Å². The number of amides is 2. The van der Waals surface area contributed by atoms with Crippen molar-refractivity contribution in [1.29, 1.82) is 0 Å². The molecule has 0 radical (unpaired) electrons. The Morgan fingerprint density at radius 1 is 1.19 bits per heavy atom. The third-order valence-electron chi connectivity index (χ3n) is 5.18. The number of hydrogen-bond donors (Lipinski definition) is 2. The van der Waals surface area contributed by atoms with E-state index >= 15 is 0 Å². The van der Waals surface area contributed by atoms with Crippen LogP contribution in [0, 0.1) is 5.92 Å². The molecule has 2 fully saturated rings. The average Bonchev–Trinajstić information content (AvgIpc) is 3.51. The van der Waals surface area contributed by atoms with Crippen molar-refractivity contribution in [3.8, 4) is 0 Å². The molecule has 6 nitrogen and oxygen atoms in total. The highest BCUT2D eigenvalue weighted by molar-refractivity contribution is 5.81. The maximum Gasteiger partial charge on any atom is 0.223 e. The third kappa shape index (κ3) is 5.80. The molecule has 2 amide bonds. The van der Waals surface area contributed by atoms with Gasteiger partial charge < -0.3 is 15.5 Å². The molecular weight excluding hydrogens is 328 g/mol. The van der Waals surface area contributed by atoms with Crippen molar-refractivity contribution in [2.45, 2.75) is 57.5 Å². The van der Waals surface area contributed by atoms with Gasteiger partial charge in [0.25, 0.3) is 0 Å². The van der Waals surface area contributed by atoms with Gasteiger partial charge in [-0.2, -0.15) is 0 Å². The summed E-state index contributed by atoms with van der Waals surface area (Å²) in [5.41, 5.74) is 0.931. The average molecular weight is 358 g/mol. The number of carbonyl (C=O) groups is 2. The van der Waals surface area contributed by atoms with Gasteiger partial charge in [0.1, 0.15) is 0 Å². The fourth-order valence-corrected chi connectivity index (χ4v) is 3.48. The molecule has 0 bridgehead atoms. The van der Waals surface area contributed by atoms with E-state index in [1.807, 2.05) is 23.1 Å². The Bertz CT molecular complexity index is 581. The number of nitrogens with one attached hydrogen (secondary N) is 2. The first-order chi connectivity index (χ1) is 12.7. The van der Waals surface area contributed by atoms with Gasteiger partial charge in [0.15, 0.2) is 0 Å². The lowest BCUT2D eigenvalue weighted by molar-refractivity contribution is -0.135. The number of nitrogens with zero attached hydrogens (tertiary/aromatic N) is 2. The molecule has 1 saturated heterocycles. The van der Waals surface area contributed by atoms with Crippen molar-refractivity contribution in [3.05, 3.63) is 30.1 Å². The maximum atomic E-state index is 12.9. The first kappa shape index (κ1) is 18.8. The lowest BCUT2D eigenvalue weighted by atomic mass is 10.1. The summed E-state index contributed by atoms with van der Waals surface area (Å²) in [5, 5.41) is 6.36. The molecule has 1 aromatic rings. The molecule has 1 aliphatic carbocycles. The van der Waals surface area contributed by atoms with Crippen molar-refractivity contribution in [1.82, 2.24) is 20.5 Å². The monoisotopic (exact) mass is 358 g/mol. The van der Waals surface area contributed by atoms with Crippen LogP contribution in [0.3, 0.4) is 0 Å². The molecular formula is C20H30N4O2. The van der Waals surface area contributed by atoms with Crippen LogP contribution < -0.4 is 10.6 Å². The summed E-state index contributed by atoms with van der Waals surface area (Å²) in [7, 11) is 0. The van der Waals surface area contributed by atoms with E-state index in [0.29, 0.717) is 25.9 Å². The highest BCUT2D eigenvalue weighted by Gasteiger charge is 2.29. The molecule has 1 aliphatic heterocycles. The fourth-order valence-electron chi connectivity index (χ4n) is 3.48. The summed E-state index contributed by atoms with van der Waals surface area (Å²) in [6.07, 6.45) is 8.08. The molecule has 142 valence electrons. The van der Waals surface area contributed by atoms with E-state index in [1.165, 1.54) is 0 Å². The molecule has 1 saturated carbocycles. The largest absolute Gasteiger partial charge is 0.356 e. The Kier molecular flexibility index (Phi) is 7.00. The van der Waals surface area contributed by atoms with E-state index in [-0.39, 0.29) is 23.8 Å². The highest BCUT2D eigenvalue weighted by Crippen LogP contribution is 2.28. The van der Waals surface area contributed by atoms with Crippen molar-refractivity contribution >= 4 is 11.8 Å². The molecule has 1 atom stereocenters. The fraction of sp³-hybridized carbons (Fsp3) is 0.650. The zero-order valence-corrected chi connectivity index (χ0v) is 15.5. The summed E-state index contributed by atoms with van der Waals surface area (Å²) in [5.74, 6) is 0.547. The summed E-state index contributed by atoms with van der Waals surface area (Å²) >= 11 is 0. The molecule has 0 aromatic carbocycles. The SMILES string of the molecule is O=C(NCCCC(=O)N(Cc1ccccn1)C1CCCNCC1)C1CC1. The van der Waals surface area contributed by atoms with Crippen LogP contribution in [0.5, 0.6) is 0 Å². The summed E-state index contributed by atoms with van der Waals surface area (Å²) in [6, 6.07) is 6.10. The Morgan fingerprint density at radius 3 is 2.85 bits per heavy atom. The number of rotatable bonds is 8. The van der Waals surface area contributed by atoms with E-state index in [0.717, 1.165) is 50.9 Å². The Hall–Kier alpha value is -1.95. The van der Waals surface area contributed by atoms with Crippen LogP contribution in [0.1, 0.15) is 50.6 Å². The zero-order valence-electron chi connectivity index (χ0n) is 15.5. The second-order valence-electron chi connectivity index (χ2n) is 7.35. The van der Waals surface area contributed by atoms with E-state index in [9.17, 15) is 9.59 Å². The number of pyridine rings is 1. The summed E-state index contributed by atoms with van der Waals surface area (Å²) < 4.78 is 0. The lowest BCUT2D eigenvalue weighted by Gasteiger charge is -2.31. The van der Waals surface area contributed by atoms with E-state index in [1.54, 1.807) is 6.20 Å². The Balaban J connectivity index is 1.53. The minimum absolute atomic E-state index is 0.151. The van der Waals surface area contributed by atoms with Crippen molar-refractivity contribution < 1.29 is 9.59 Å². The molecule has 2 aliphatic rings. The predicted octanol–water partition coefficient (Wildman–Crippen LogP) is 1.86. The molecule has 2 N–H and O–H groups in total. The van der Waals surface area contributed by atoms with E-state index in [4.69, 9.17) is 0 Å².